The molecule has 0 radical (unpaired) electrons. The minimum atomic E-state index is -0.0387. The Labute approximate surface area is 171 Å². The summed E-state index contributed by atoms with van der Waals surface area (Å²) in [5, 5.41) is 4.20. The van der Waals surface area contributed by atoms with Gasteiger partial charge in [0.1, 0.15) is 11.8 Å². The molecular formula is C22H24N4OS. The Hall–Kier alpha value is -2.86. The quantitative estimate of drug-likeness (QED) is 0.640. The first-order chi connectivity index (χ1) is 13.6. The number of rotatable bonds is 5. The summed E-state index contributed by atoms with van der Waals surface area (Å²) in [7, 11) is 1.67. The number of thiocarbonyl (C=S) groups is 1. The van der Waals surface area contributed by atoms with Crippen LogP contribution in [0.2, 0.25) is 0 Å². The number of nitrogens with one attached hydrogen (secondary N) is 1. The lowest BCUT2D eigenvalue weighted by atomic mass is 10.0. The molecule has 1 fully saturated rings. The highest BCUT2D eigenvalue weighted by Crippen LogP contribution is 2.42. The summed E-state index contributed by atoms with van der Waals surface area (Å²) < 4.78 is 7.62. The molecule has 28 heavy (non-hydrogen) atoms. The van der Waals surface area contributed by atoms with Crippen molar-refractivity contribution in [2.75, 3.05) is 12.0 Å². The third-order valence-corrected chi connectivity index (χ3v) is 5.43. The molecular weight excluding hydrogens is 368 g/mol. The van der Waals surface area contributed by atoms with Gasteiger partial charge in [0, 0.05) is 29.8 Å². The van der Waals surface area contributed by atoms with Crippen LogP contribution < -0.4 is 15.0 Å². The third-order valence-electron chi connectivity index (χ3n) is 5.12. The van der Waals surface area contributed by atoms with Gasteiger partial charge in [0.15, 0.2) is 5.11 Å². The molecule has 3 aromatic rings. The van der Waals surface area contributed by atoms with E-state index in [0.29, 0.717) is 11.2 Å². The van der Waals surface area contributed by atoms with E-state index >= 15 is 0 Å². The van der Waals surface area contributed by atoms with Gasteiger partial charge in [0.2, 0.25) is 0 Å². The van der Waals surface area contributed by atoms with Gasteiger partial charge in [-0.25, -0.2) is 0 Å². The van der Waals surface area contributed by atoms with Crippen molar-refractivity contribution in [2.45, 2.75) is 32.0 Å². The molecule has 6 heteroatoms. The summed E-state index contributed by atoms with van der Waals surface area (Å²) in [4.78, 5) is 6.79. The van der Waals surface area contributed by atoms with Gasteiger partial charge in [-0.1, -0.05) is 6.07 Å². The first kappa shape index (κ1) is 18.5. The van der Waals surface area contributed by atoms with Crippen molar-refractivity contribution in [3.05, 3.63) is 78.4 Å². The SMILES string of the molecule is COc1ccc(N2C(=S)NC(c3ccccn3)C2c2cccn2C(C)C)cc1. The minimum absolute atomic E-state index is 0.00630. The Morgan fingerprint density at radius 1 is 1.07 bits per heavy atom. The number of pyridine rings is 1. The molecule has 0 aliphatic carbocycles. The number of nitrogens with zero attached hydrogens (tertiary/aromatic N) is 3. The molecule has 1 saturated heterocycles. The van der Waals surface area contributed by atoms with Crippen LogP contribution in [0.25, 0.3) is 0 Å². The number of anilines is 1. The molecule has 0 bridgehead atoms. The fourth-order valence-corrected chi connectivity index (χ4v) is 4.15. The maximum Gasteiger partial charge on any atom is 0.174 e. The van der Waals surface area contributed by atoms with Crippen LogP contribution in [-0.2, 0) is 0 Å². The zero-order valence-corrected chi connectivity index (χ0v) is 17.1. The molecule has 1 aliphatic rings. The summed E-state index contributed by atoms with van der Waals surface area (Å²) in [6.45, 7) is 4.38. The number of aromatic nitrogens is 2. The highest BCUT2D eigenvalue weighted by atomic mass is 32.1. The summed E-state index contributed by atoms with van der Waals surface area (Å²) in [6.07, 6.45) is 3.96. The summed E-state index contributed by atoms with van der Waals surface area (Å²) >= 11 is 5.77. The van der Waals surface area contributed by atoms with E-state index in [1.54, 1.807) is 7.11 Å². The number of hydrogen-bond acceptors (Lipinski definition) is 3. The van der Waals surface area contributed by atoms with E-state index in [-0.39, 0.29) is 12.1 Å². The molecule has 5 nitrogen and oxygen atoms in total. The third kappa shape index (κ3) is 3.24. The van der Waals surface area contributed by atoms with Crippen LogP contribution in [0.1, 0.15) is 43.4 Å². The molecule has 1 aliphatic heterocycles. The van der Waals surface area contributed by atoms with Gasteiger partial charge in [0.25, 0.3) is 0 Å². The zero-order valence-electron chi connectivity index (χ0n) is 16.2. The van der Waals surface area contributed by atoms with Gasteiger partial charge in [-0.3, -0.25) is 4.98 Å². The predicted molar refractivity (Wildman–Crippen MR) is 116 cm³/mol. The van der Waals surface area contributed by atoms with Gasteiger partial charge in [-0.15, -0.1) is 0 Å². The second-order valence-corrected chi connectivity index (χ2v) is 7.52. The van der Waals surface area contributed by atoms with Crippen molar-refractivity contribution in [1.29, 1.82) is 0 Å². The van der Waals surface area contributed by atoms with Crippen molar-refractivity contribution in [1.82, 2.24) is 14.9 Å². The van der Waals surface area contributed by atoms with Crippen molar-refractivity contribution in [3.63, 3.8) is 0 Å². The van der Waals surface area contributed by atoms with Crippen LogP contribution in [0, 0.1) is 0 Å². The number of benzene rings is 1. The fourth-order valence-electron chi connectivity index (χ4n) is 3.80. The molecule has 0 saturated carbocycles. The topological polar surface area (TPSA) is 42.3 Å². The van der Waals surface area contributed by atoms with E-state index in [1.165, 1.54) is 5.69 Å². The molecule has 2 aromatic heterocycles. The highest BCUT2D eigenvalue weighted by molar-refractivity contribution is 7.80. The maximum absolute atomic E-state index is 5.77. The predicted octanol–water partition coefficient (Wildman–Crippen LogP) is 4.65. The summed E-state index contributed by atoms with van der Waals surface area (Å²) in [6, 6.07) is 18.6. The largest absolute Gasteiger partial charge is 0.497 e. The maximum atomic E-state index is 5.77. The summed E-state index contributed by atoms with van der Waals surface area (Å²) in [5.41, 5.74) is 3.20. The van der Waals surface area contributed by atoms with Crippen LogP contribution in [-0.4, -0.2) is 21.8 Å². The lowest BCUT2D eigenvalue weighted by Gasteiger charge is -2.30. The lowest BCUT2D eigenvalue weighted by Crippen LogP contribution is -2.30. The van der Waals surface area contributed by atoms with Crippen molar-refractivity contribution in [3.8, 4) is 5.75 Å². The van der Waals surface area contributed by atoms with E-state index in [9.17, 15) is 0 Å². The van der Waals surface area contributed by atoms with E-state index in [1.807, 2.05) is 48.7 Å². The minimum Gasteiger partial charge on any atom is -0.497 e. The average Bonchev–Trinajstić information content (AvgIpc) is 3.33. The smallest absolute Gasteiger partial charge is 0.174 e. The first-order valence-corrected chi connectivity index (χ1v) is 9.82. The van der Waals surface area contributed by atoms with Crippen LogP contribution in [0.15, 0.2) is 67.0 Å². The van der Waals surface area contributed by atoms with Crippen molar-refractivity contribution < 1.29 is 4.74 Å². The van der Waals surface area contributed by atoms with Gasteiger partial charge in [-0.05, 0) is 74.6 Å². The Bertz CT molecular complexity index is 952. The normalized spacial score (nSPS) is 19.1. The van der Waals surface area contributed by atoms with Gasteiger partial charge in [0.05, 0.1) is 18.8 Å². The van der Waals surface area contributed by atoms with Gasteiger partial charge >= 0.3 is 0 Å². The number of ether oxygens (including phenoxy) is 1. The monoisotopic (exact) mass is 392 g/mol. The molecule has 1 N–H and O–H groups in total. The van der Waals surface area contributed by atoms with Crippen LogP contribution in [0.5, 0.6) is 5.75 Å². The van der Waals surface area contributed by atoms with E-state index < -0.39 is 0 Å². The molecule has 4 rings (SSSR count). The van der Waals surface area contributed by atoms with Crippen molar-refractivity contribution >= 4 is 23.0 Å². The molecule has 1 aromatic carbocycles. The standard InChI is InChI=1S/C22H24N4OS/c1-15(2)25-14-6-8-19(25)21-20(18-7-4-5-13-23-18)24-22(28)26(21)16-9-11-17(27-3)12-10-16/h4-15,20-21H,1-3H3,(H,24,28). The van der Waals surface area contributed by atoms with E-state index in [4.69, 9.17) is 17.0 Å². The molecule has 0 amide bonds. The number of methoxy groups -OCH3 is 1. The Kier molecular flexibility index (Phi) is 5.05. The van der Waals surface area contributed by atoms with E-state index in [0.717, 1.165) is 17.1 Å². The molecule has 2 unspecified atom stereocenters. The Balaban J connectivity index is 1.83. The Morgan fingerprint density at radius 2 is 1.86 bits per heavy atom. The average molecular weight is 393 g/mol. The molecule has 2 atom stereocenters. The van der Waals surface area contributed by atoms with Crippen molar-refractivity contribution in [2.24, 2.45) is 0 Å². The fraction of sp³-hybridized carbons (Fsp3) is 0.273. The summed E-state index contributed by atoms with van der Waals surface area (Å²) in [5.74, 6) is 0.824. The second kappa shape index (κ2) is 7.64. The van der Waals surface area contributed by atoms with Crippen LogP contribution in [0.3, 0.4) is 0 Å². The molecule has 3 heterocycles. The first-order valence-electron chi connectivity index (χ1n) is 9.41. The van der Waals surface area contributed by atoms with Crippen LogP contribution >= 0.6 is 12.2 Å². The molecule has 0 spiro atoms. The second-order valence-electron chi connectivity index (χ2n) is 7.13. The van der Waals surface area contributed by atoms with Crippen LogP contribution in [0.4, 0.5) is 5.69 Å². The van der Waals surface area contributed by atoms with E-state index in [2.05, 4.69) is 51.9 Å². The number of hydrogen-bond donors (Lipinski definition) is 1. The molecule has 144 valence electrons. The van der Waals surface area contributed by atoms with Gasteiger partial charge in [-0.2, -0.15) is 0 Å². The highest BCUT2D eigenvalue weighted by Gasteiger charge is 2.42. The Morgan fingerprint density at radius 3 is 2.50 bits per heavy atom. The zero-order chi connectivity index (χ0) is 19.7. The lowest BCUT2D eigenvalue weighted by molar-refractivity contribution is 0.415. The van der Waals surface area contributed by atoms with Gasteiger partial charge < -0.3 is 19.5 Å².